The van der Waals surface area contributed by atoms with E-state index in [9.17, 15) is 4.79 Å². The van der Waals surface area contributed by atoms with Crippen LogP contribution in [0.2, 0.25) is 0 Å². The fraction of sp³-hybridized carbons (Fsp3) is 0.364. The van der Waals surface area contributed by atoms with E-state index in [-0.39, 0.29) is 18.1 Å². The molecule has 16 heavy (non-hydrogen) atoms. The lowest BCUT2D eigenvalue weighted by atomic mass is 10.2. The van der Waals surface area contributed by atoms with Gasteiger partial charge >= 0.3 is 5.97 Å². The number of carboxylic acids is 1. The fourth-order valence-corrected chi connectivity index (χ4v) is 2.22. The summed E-state index contributed by atoms with van der Waals surface area (Å²) < 4.78 is 0. The van der Waals surface area contributed by atoms with E-state index in [0.29, 0.717) is 16.3 Å². The number of carbonyl (C=O) groups is 1. The summed E-state index contributed by atoms with van der Waals surface area (Å²) in [5, 5.41) is 17.9. The van der Waals surface area contributed by atoms with Gasteiger partial charge in [-0.25, -0.2) is 4.79 Å². The number of aromatic carboxylic acids is 1. The number of nitrogens with two attached hydrogens (primary N) is 1. The molecule has 0 aliphatic heterocycles. The van der Waals surface area contributed by atoms with E-state index in [2.05, 4.69) is 0 Å². The highest BCUT2D eigenvalue weighted by Gasteiger charge is 2.11. The molecule has 0 spiro atoms. The molecule has 0 aromatic heterocycles. The Morgan fingerprint density at radius 3 is 2.81 bits per heavy atom. The first-order valence-electron chi connectivity index (χ1n) is 4.91. The summed E-state index contributed by atoms with van der Waals surface area (Å²) in [6.07, 6.45) is 0. The third-order valence-corrected chi connectivity index (χ3v) is 3.46. The molecule has 0 radical (unpaired) electrons. The number of nitrogen functional groups attached to an aromatic ring is 1. The Morgan fingerprint density at radius 1 is 1.56 bits per heavy atom. The molecule has 1 atom stereocenters. The number of benzene rings is 1. The zero-order valence-electron chi connectivity index (χ0n) is 9.01. The number of carboxylic acid groups (broad SMARTS) is 1. The lowest BCUT2D eigenvalue weighted by Crippen LogP contribution is -2.05. The number of rotatable bonds is 5. The molecule has 0 bridgehead atoms. The number of thioether (sulfide) groups is 1. The van der Waals surface area contributed by atoms with Crippen LogP contribution in [-0.4, -0.2) is 28.5 Å². The smallest absolute Gasteiger partial charge is 0.336 e. The van der Waals surface area contributed by atoms with Crippen LogP contribution in [0, 0.1) is 5.92 Å². The second kappa shape index (κ2) is 5.77. The van der Waals surface area contributed by atoms with Gasteiger partial charge < -0.3 is 15.9 Å². The molecule has 0 amide bonds. The van der Waals surface area contributed by atoms with Crippen LogP contribution in [0.1, 0.15) is 17.3 Å². The Bertz CT molecular complexity index is 381. The molecule has 0 fully saturated rings. The van der Waals surface area contributed by atoms with Gasteiger partial charge in [0.1, 0.15) is 0 Å². The van der Waals surface area contributed by atoms with E-state index in [0.717, 1.165) is 0 Å². The number of hydrogen-bond donors (Lipinski definition) is 3. The van der Waals surface area contributed by atoms with Crippen molar-refractivity contribution in [2.75, 3.05) is 18.1 Å². The van der Waals surface area contributed by atoms with E-state index < -0.39 is 5.97 Å². The molecule has 1 aromatic rings. The van der Waals surface area contributed by atoms with Crippen LogP contribution in [0.3, 0.4) is 0 Å². The Kier molecular flexibility index (Phi) is 4.64. The van der Waals surface area contributed by atoms with Crippen molar-refractivity contribution in [2.45, 2.75) is 11.8 Å². The standard InChI is InChI=1S/C11H15NO3S/c1-7(5-13)6-16-10-4-8(12)2-3-9(10)11(14)15/h2-4,7,13H,5-6,12H2,1H3,(H,14,15). The highest BCUT2D eigenvalue weighted by Crippen LogP contribution is 2.26. The topological polar surface area (TPSA) is 83.5 Å². The number of anilines is 1. The number of hydrogen-bond acceptors (Lipinski definition) is 4. The van der Waals surface area contributed by atoms with Crippen molar-refractivity contribution in [1.29, 1.82) is 0 Å². The fourth-order valence-electron chi connectivity index (χ4n) is 1.12. The molecule has 4 nitrogen and oxygen atoms in total. The molecule has 1 aromatic carbocycles. The van der Waals surface area contributed by atoms with E-state index in [4.69, 9.17) is 15.9 Å². The van der Waals surface area contributed by atoms with Crippen LogP contribution in [0.15, 0.2) is 23.1 Å². The van der Waals surface area contributed by atoms with E-state index >= 15 is 0 Å². The molecule has 0 saturated heterocycles. The van der Waals surface area contributed by atoms with Crippen molar-refractivity contribution < 1.29 is 15.0 Å². The maximum atomic E-state index is 10.9. The zero-order chi connectivity index (χ0) is 12.1. The summed E-state index contributed by atoms with van der Waals surface area (Å²) >= 11 is 1.40. The third-order valence-electron chi connectivity index (χ3n) is 2.07. The van der Waals surface area contributed by atoms with Crippen LogP contribution >= 0.6 is 11.8 Å². The summed E-state index contributed by atoms with van der Waals surface area (Å²) in [6, 6.07) is 4.73. The van der Waals surface area contributed by atoms with Crippen molar-refractivity contribution >= 4 is 23.4 Å². The summed E-state index contributed by atoms with van der Waals surface area (Å²) in [4.78, 5) is 11.6. The highest BCUT2D eigenvalue weighted by atomic mass is 32.2. The molecule has 0 heterocycles. The minimum atomic E-state index is -0.959. The second-order valence-electron chi connectivity index (χ2n) is 3.66. The van der Waals surface area contributed by atoms with Crippen molar-refractivity contribution in [3.63, 3.8) is 0 Å². The van der Waals surface area contributed by atoms with Crippen LogP contribution < -0.4 is 5.73 Å². The van der Waals surface area contributed by atoms with Gasteiger partial charge in [0.15, 0.2) is 0 Å². The third kappa shape index (κ3) is 3.43. The molecule has 4 N–H and O–H groups in total. The first kappa shape index (κ1) is 12.9. The van der Waals surface area contributed by atoms with Crippen LogP contribution in [0.5, 0.6) is 0 Å². The Labute approximate surface area is 98.5 Å². The van der Waals surface area contributed by atoms with E-state index in [1.807, 2.05) is 6.92 Å². The zero-order valence-corrected chi connectivity index (χ0v) is 9.83. The maximum absolute atomic E-state index is 10.9. The van der Waals surface area contributed by atoms with Crippen LogP contribution in [0.4, 0.5) is 5.69 Å². The average Bonchev–Trinajstić information content (AvgIpc) is 2.25. The van der Waals surface area contributed by atoms with Gasteiger partial charge in [-0.15, -0.1) is 11.8 Å². The minimum Gasteiger partial charge on any atom is -0.478 e. The van der Waals surface area contributed by atoms with Gasteiger partial charge in [0, 0.05) is 22.9 Å². The molecule has 1 unspecified atom stereocenters. The summed E-state index contributed by atoms with van der Waals surface area (Å²) in [5.41, 5.74) is 6.41. The van der Waals surface area contributed by atoms with Gasteiger partial charge in [-0.2, -0.15) is 0 Å². The number of aliphatic hydroxyl groups excluding tert-OH is 1. The monoisotopic (exact) mass is 241 g/mol. The number of aliphatic hydroxyl groups is 1. The van der Waals surface area contributed by atoms with Crippen molar-refractivity contribution in [2.24, 2.45) is 5.92 Å². The SMILES string of the molecule is CC(CO)CSc1cc(N)ccc1C(=O)O. The van der Waals surface area contributed by atoms with Gasteiger partial charge in [-0.05, 0) is 24.1 Å². The normalized spacial score (nSPS) is 12.4. The summed E-state index contributed by atoms with van der Waals surface area (Å²) in [6.45, 7) is 2.00. The summed E-state index contributed by atoms with van der Waals surface area (Å²) in [5.74, 6) is -0.160. The van der Waals surface area contributed by atoms with Crippen LogP contribution in [-0.2, 0) is 0 Å². The molecule has 5 heteroatoms. The molecule has 0 saturated carbocycles. The van der Waals surface area contributed by atoms with Crippen molar-refractivity contribution in [3.05, 3.63) is 23.8 Å². The minimum absolute atomic E-state index is 0.0950. The van der Waals surface area contributed by atoms with E-state index in [1.165, 1.54) is 17.8 Å². The quantitative estimate of drug-likeness (QED) is 0.539. The Balaban J connectivity index is 2.84. The van der Waals surface area contributed by atoms with Gasteiger partial charge in [-0.3, -0.25) is 0 Å². The predicted octanol–water partition coefficient (Wildman–Crippen LogP) is 1.69. The molecule has 1 rings (SSSR count). The molecule has 0 aliphatic rings. The van der Waals surface area contributed by atoms with Crippen molar-refractivity contribution in [1.82, 2.24) is 0 Å². The summed E-state index contributed by atoms with van der Waals surface area (Å²) in [7, 11) is 0. The van der Waals surface area contributed by atoms with Crippen LogP contribution in [0.25, 0.3) is 0 Å². The first-order valence-corrected chi connectivity index (χ1v) is 5.89. The largest absolute Gasteiger partial charge is 0.478 e. The van der Waals surface area contributed by atoms with Crippen molar-refractivity contribution in [3.8, 4) is 0 Å². The predicted molar refractivity (Wildman–Crippen MR) is 64.8 cm³/mol. The van der Waals surface area contributed by atoms with Gasteiger partial charge in [0.05, 0.1) is 5.56 Å². The average molecular weight is 241 g/mol. The van der Waals surface area contributed by atoms with E-state index in [1.54, 1.807) is 12.1 Å². The maximum Gasteiger partial charge on any atom is 0.336 e. The van der Waals surface area contributed by atoms with Gasteiger partial charge in [0.2, 0.25) is 0 Å². The lowest BCUT2D eigenvalue weighted by Gasteiger charge is -2.10. The lowest BCUT2D eigenvalue weighted by molar-refractivity contribution is 0.0693. The molecular weight excluding hydrogens is 226 g/mol. The van der Waals surface area contributed by atoms with Gasteiger partial charge in [0.25, 0.3) is 0 Å². The van der Waals surface area contributed by atoms with Gasteiger partial charge in [-0.1, -0.05) is 6.92 Å². The molecule has 88 valence electrons. The Hall–Kier alpha value is -1.20. The highest BCUT2D eigenvalue weighted by molar-refractivity contribution is 7.99. The first-order chi connectivity index (χ1) is 7.54. The second-order valence-corrected chi connectivity index (χ2v) is 4.72. The molecular formula is C11H15NO3S. The molecule has 0 aliphatic carbocycles. The Morgan fingerprint density at radius 2 is 2.25 bits per heavy atom.